The molecule has 17 nitrogen and oxygen atoms in total. The number of carbonyl (C=O) groups is 4. The van der Waals surface area contributed by atoms with Gasteiger partial charge in [0, 0.05) is 118 Å². The Morgan fingerprint density at radius 3 is 0.862 bits per heavy atom. The maximum atomic E-state index is 12.1. The smallest absolute Gasteiger partial charge is 0.324 e. The summed E-state index contributed by atoms with van der Waals surface area (Å²) in [6.45, 7) is 11.6. The summed E-state index contributed by atoms with van der Waals surface area (Å²) in [5, 5.41) is 37.7. The summed E-state index contributed by atoms with van der Waals surface area (Å²) >= 11 is 0. The van der Waals surface area contributed by atoms with Gasteiger partial charge in [-0.15, -0.1) is 0 Å². The second kappa shape index (κ2) is 34.0. The van der Waals surface area contributed by atoms with Gasteiger partial charge in [0.25, 0.3) is 0 Å². The summed E-state index contributed by atoms with van der Waals surface area (Å²) < 4.78 is 29.9. The van der Waals surface area contributed by atoms with Crippen molar-refractivity contribution in [3.63, 3.8) is 0 Å². The SMILES string of the molecule is O=C(O)C1(CN2CCC(=C3c4ccccc4COc4ccccc43)CC2)CCOCC1.O=C(O)C1(N2CCC(=C3c4ccccc4COc4ccccc43)CC2)CC1.O=C(O)CCC1(N2CCC(=C3c4ccccc4COc4ccccc43)CC2)CC1.O=C(O)CCC1(N2CCC(=C3c4ccccc4COc4ccccc43)CC2)CC1. The quantitative estimate of drug-likeness (QED) is 0.0846. The lowest BCUT2D eigenvalue weighted by atomic mass is 9.79. The molecular weight excluding hydrogens is 1450 g/mol. The first-order chi connectivity index (χ1) is 56.7. The molecule has 8 aromatic carbocycles. The maximum Gasteiger partial charge on any atom is 0.324 e. The lowest BCUT2D eigenvalue weighted by Crippen LogP contribution is -2.48. The van der Waals surface area contributed by atoms with E-state index in [0.29, 0.717) is 59.0 Å². The van der Waals surface area contributed by atoms with Crippen LogP contribution in [0.25, 0.3) is 22.3 Å². The predicted molar refractivity (Wildman–Crippen MR) is 448 cm³/mol. The summed E-state index contributed by atoms with van der Waals surface area (Å²) in [5.74, 6) is 1.12. The number of benzene rings is 8. The fourth-order valence-corrected chi connectivity index (χ4v) is 20.0. The molecule has 12 aliphatic rings. The molecule has 0 aromatic heterocycles. The Hall–Kier alpha value is -10.4. The van der Waals surface area contributed by atoms with E-state index in [1.165, 1.54) is 106 Å². The molecule has 0 bridgehead atoms. The number of hydrogen-bond acceptors (Lipinski definition) is 13. The van der Waals surface area contributed by atoms with Crippen molar-refractivity contribution in [2.45, 2.75) is 171 Å². The Morgan fingerprint density at radius 2 is 0.586 bits per heavy atom. The number of piperidine rings is 4. The van der Waals surface area contributed by atoms with E-state index in [1.807, 2.05) is 30.3 Å². The molecule has 0 radical (unpaired) electrons. The number of hydrogen-bond donors (Lipinski definition) is 4. The van der Waals surface area contributed by atoms with Crippen LogP contribution in [0.5, 0.6) is 23.0 Å². The van der Waals surface area contributed by atoms with Gasteiger partial charge < -0.3 is 49.0 Å². The number of fused-ring (bicyclic) bond motifs is 8. The molecule has 5 saturated heterocycles. The Balaban J connectivity index is 0.000000111. The zero-order chi connectivity index (χ0) is 79.4. The first-order valence-electron chi connectivity index (χ1n) is 42.2. The van der Waals surface area contributed by atoms with Crippen LogP contribution in [0.1, 0.15) is 195 Å². The second-order valence-electron chi connectivity index (χ2n) is 33.7. The molecule has 17 heteroatoms. The van der Waals surface area contributed by atoms with Gasteiger partial charge in [-0.2, -0.15) is 0 Å². The Labute approximate surface area is 680 Å². The van der Waals surface area contributed by atoms with Crippen LogP contribution in [-0.2, 0) is 50.3 Å². The van der Waals surface area contributed by atoms with Gasteiger partial charge >= 0.3 is 23.9 Å². The first-order valence-corrected chi connectivity index (χ1v) is 42.2. The number of likely N-dealkylation sites (tertiary alicyclic amines) is 4. The van der Waals surface area contributed by atoms with Gasteiger partial charge in [0.15, 0.2) is 0 Å². The summed E-state index contributed by atoms with van der Waals surface area (Å²) in [6, 6.07) is 67.6. The minimum absolute atomic E-state index is 0.150. The van der Waals surface area contributed by atoms with E-state index in [4.69, 9.17) is 33.9 Å². The van der Waals surface area contributed by atoms with Crippen LogP contribution < -0.4 is 18.9 Å². The third-order valence-electron chi connectivity index (χ3n) is 27.0. The molecule has 4 N–H and O–H groups in total. The fourth-order valence-electron chi connectivity index (χ4n) is 20.0. The minimum Gasteiger partial charge on any atom is -0.488 e. The summed E-state index contributed by atoms with van der Waals surface area (Å²) in [5.41, 5.74) is 25.0. The summed E-state index contributed by atoms with van der Waals surface area (Å²) in [7, 11) is 0. The monoisotopic (exact) mass is 1560 g/mol. The van der Waals surface area contributed by atoms with E-state index < -0.39 is 34.8 Å². The third-order valence-corrected chi connectivity index (χ3v) is 27.0. The van der Waals surface area contributed by atoms with Crippen LogP contribution in [-0.4, -0.2) is 153 Å². The van der Waals surface area contributed by atoms with Gasteiger partial charge in [-0.05, 0) is 207 Å². The van der Waals surface area contributed by atoms with E-state index in [0.717, 1.165) is 184 Å². The second-order valence-corrected chi connectivity index (χ2v) is 33.7. The van der Waals surface area contributed by atoms with Crippen molar-refractivity contribution in [1.29, 1.82) is 0 Å². The normalized spacial score (nSPS) is 20.6. The van der Waals surface area contributed by atoms with Crippen LogP contribution in [0, 0.1) is 5.41 Å². The lowest BCUT2D eigenvalue weighted by Gasteiger charge is -2.39. The van der Waals surface area contributed by atoms with Crippen molar-refractivity contribution >= 4 is 46.2 Å². The molecular formula is C99H106N4O13. The fraction of sp³-hybridized carbons (Fsp3) is 0.394. The highest BCUT2D eigenvalue weighted by molar-refractivity contribution is 5.91. The van der Waals surface area contributed by atoms with Gasteiger partial charge in [-0.1, -0.05) is 192 Å². The molecule has 9 aliphatic heterocycles. The molecule has 0 amide bonds. The van der Waals surface area contributed by atoms with E-state index >= 15 is 0 Å². The number of ether oxygens (including phenoxy) is 5. The lowest BCUT2D eigenvalue weighted by molar-refractivity contribution is -0.156. The average molecular weight is 1560 g/mol. The molecule has 9 heterocycles. The summed E-state index contributed by atoms with van der Waals surface area (Å²) in [6.07, 6.45) is 17.3. The van der Waals surface area contributed by atoms with Gasteiger partial charge in [0.05, 0.1) is 5.41 Å². The van der Waals surface area contributed by atoms with E-state index in [-0.39, 0.29) is 23.9 Å². The molecule has 8 aromatic rings. The molecule has 20 rings (SSSR count). The minimum atomic E-state index is -0.678. The largest absolute Gasteiger partial charge is 0.488 e. The summed E-state index contributed by atoms with van der Waals surface area (Å²) in [4.78, 5) is 55.5. The number of rotatable bonds is 13. The molecule has 600 valence electrons. The van der Waals surface area contributed by atoms with E-state index in [2.05, 4.69) is 183 Å². The molecule has 116 heavy (non-hydrogen) atoms. The van der Waals surface area contributed by atoms with E-state index in [9.17, 15) is 29.4 Å². The number of para-hydroxylation sites is 4. The number of carboxylic acids is 4. The number of carboxylic acid groups (broad SMARTS) is 4. The van der Waals surface area contributed by atoms with Crippen molar-refractivity contribution in [3.05, 3.63) is 283 Å². The zero-order valence-electron chi connectivity index (χ0n) is 66.5. The highest BCUT2D eigenvalue weighted by Crippen LogP contribution is 2.53. The highest BCUT2D eigenvalue weighted by Gasteiger charge is 2.56. The Kier molecular flexibility index (Phi) is 22.9. The van der Waals surface area contributed by atoms with Crippen molar-refractivity contribution in [1.82, 2.24) is 19.6 Å². The molecule has 3 saturated carbocycles. The molecule has 0 spiro atoms. The Morgan fingerprint density at radius 1 is 0.310 bits per heavy atom. The molecule has 0 atom stereocenters. The van der Waals surface area contributed by atoms with Gasteiger partial charge in [0.2, 0.25) is 0 Å². The van der Waals surface area contributed by atoms with Crippen molar-refractivity contribution in [2.75, 3.05) is 72.1 Å². The van der Waals surface area contributed by atoms with Crippen molar-refractivity contribution in [3.8, 4) is 23.0 Å². The van der Waals surface area contributed by atoms with Crippen LogP contribution >= 0.6 is 0 Å². The number of aliphatic carboxylic acids is 4. The third kappa shape index (κ3) is 16.4. The molecule has 8 fully saturated rings. The van der Waals surface area contributed by atoms with Crippen molar-refractivity contribution in [2.24, 2.45) is 5.41 Å². The van der Waals surface area contributed by atoms with Gasteiger partial charge in [-0.3, -0.25) is 33.9 Å². The molecule has 3 aliphatic carbocycles. The zero-order valence-corrected chi connectivity index (χ0v) is 66.5. The van der Waals surface area contributed by atoms with Crippen molar-refractivity contribution < 1.29 is 63.3 Å². The Bertz CT molecular complexity index is 4770. The predicted octanol–water partition coefficient (Wildman–Crippen LogP) is 18.2. The van der Waals surface area contributed by atoms with Crippen LogP contribution in [0.2, 0.25) is 0 Å². The van der Waals surface area contributed by atoms with Crippen LogP contribution in [0.15, 0.2) is 216 Å². The standard InChI is InChI=1S/C26H29NO4.2C25H27NO3.C23H23NO3/c28-25(29)26(11-15-30-16-12-26)18-27-13-9-19(10-14-27)24-21-6-2-1-5-20(21)17-31-23-8-4-3-7-22(23)24;2*27-23(28)9-12-25(13-14-25)26-15-10-18(11-16-26)24-20-6-2-1-5-19(20)17-29-22-8-4-3-7-21(22)24;25-22(26)23(11-12-23)24-13-9-16(10-14-24)21-18-6-2-1-5-17(18)15-27-20-8-4-3-7-19(20)21/h1-8H,9-18H2,(H,28,29);2*1-8H,9-17H2,(H,27,28);1-8H,9-15H2,(H,25,26). The van der Waals surface area contributed by atoms with Gasteiger partial charge in [-0.25, -0.2) is 0 Å². The molecule has 0 unspecified atom stereocenters. The number of nitrogens with zero attached hydrogens (tertiary/aromatic N) is 4. The van der Waals surface area contributed by atoms with Gasteiger partial charge in [0.1, 0.15) is 55.0 Å². The van der Waals surface area contributed by atoms with Crippen LogP contribution in [0.3, 0.4) is 0 Å². The van der Waals surface area contributed by atoms with Crippen LogP contribution in [0.4, 0.5) is 0 Å². The first kappa shape index (κ1) is 78.1. The maximum absolute atomic E-state index is 12.1. The highest BCUT2D eigenvalue weighted by atomic mass is 16.5. The topological polar surface area (TPSA) is 208 Å². The average Bonchev–Trinajstić information content (AvgIpc) is 1.59. The van der Waals surface area contributed by atoms with E-state index in [1.54, 1.807) is 0 Å².